The Morgan fingerprint density at radius 1 is 1.20 bits per heavy atom. The molecule has 2 rings (SSSR count). The van der Waals surface area contributed by atoms with Gasteiger partial charge < -0.3 is 0 Å². The van der Waals surface area contributed by atoms with E-state index in [-0.39, 0.29) is 0 Å². The normalized spacial score (nSPS) is 37.1. The number of nitrogens with zero attached hydrogens (tertiary/aromatic N) is 1. The Balaban J connectivity index is 1.97. The number of hydrogen-bond acceptors (Lipinski definition) is 2. The molecule has 0 radical (unpaired) electrons. The zero-order chi connectivity index (χ0) is 10.8. The molecule has 1 fully saturated rings. The second-order valence-electron chi connectivity index (χ2n) is 5.19. The summed E-state index contributed by atoms with van der Waals surface area (Å²) in [5.74, 6) is 2.48. The van der Waals surface area contributed by atoms with Gasteiger partial charge in [-0.3, -0.25) is 10.8 Å². The van der Waals surface area contributed by atoms with Gasteiger partial charge in [0, 0.05) is 11.6 Å². The van der Waals surface area contributed by atoms with Crippen molar-refractivity contribution in [1.29, 1.82) is 5.41 Å². The van der Waals surface area contributed by atoms with Gasteiger partial charge in [0.1, 0.15) is 5.84 Å². The predicted molar refractivity (Wildman–Crippen MR) is 63.2 cm³/mol. The first-order valence-corrected chi connectivity index (χ1v) is 6.07. The van der Waals surface area contributed by atoms with Crippen LogP contribution in [0.3, 0.4) is 0 Å². The third kappa shape index (κ3) is 2.39. The van der Waals surface area contributed by atoms with E-state index < -0.39 is 0 Å². The maximum atomic E-state index is 7.61. The van der Waals surface area contributed by atoms with E-state index in [1.807, 2.05) is 0 Å². The monoisotopic (exact) mass is 207 g/mol. The van der Waals surface area contributed by atoms with E-state index in [9.17, 15) is 0 Å². The molecule has 0 bridgehead atoms. The fraction of sp³-hybridized carbons (Fsp3) is 0.833. The summed E-state index contributed by atoms with van der Waals surface area (Å²) >= 11 is 0. The summed E-state index contributed by atoms with van der Waals surface area (Å²) in [5, 5.41) is 12.0. The van der Waals surface area contributed by atoms with Crippen LogP contribution in [0.15, 0.2) is 5.10 Å². The van der Waals surface area contributed by atoms with Crippen LogP contribution < -0.4 is 5.43 Å². The predicted octanol–water partition coefficient (Wildman–Crippen LogP) is 2.78. The average molecular weight is 207 g/mol. The third-order valence-electron chi connectivity index (χ3n) is 3.82. The van der Waals surface area contributed by atoms with Gasteiger partial charge in [0.25, 0.3) is 0 Å². The van der Waals surface area contributed by atoms with Gasteiger partial charge in [0.15, 0.2) is 0 Å². The number of rotatable bonds is 1. The molecule has 1 unspecified atom stereocenters. The molecule has 3 heteroatoms. The molecule has 15 heavy (non-hydrogen) atoms. The Morgan fingerprint density at radius 3 is 2.47 bits per heavy atom. The molecular formula is C12H21N3. The van der Waals surface area contributed by atoms with Crippen LogP contribution in [0.5, 0.6) is 0 Å². The molecule has 1 aliphatic heterocycles. The Hall–Kier alpha value is -0.860. The summed E-state index contributed by atoms with van der Waals surface area (Å²) < 4.78 is 0. The molecule has 1 heterocycles. The molecular weight excluding hydrogens is 186 g/mol. The highest BCUT2D eigenvalue weighted by atomic mass is 15.3. The van der Waals surface area contributed by atoms with Crippen molar-refractivity contribution in [1.82, 2.24) is 5.43 Å². The van der Waals surface area contributed by atoms with Gasteiger partial charge in [-0.25, -0.2) is 0 Å². The van der Waals surface area contributed by atoms with E-state index in [1.54, 1.807) is 0 Å². The van der Waals surface area contributed by atoms with Crippen molar-refractivity contribution in [2.75, 3.05) is 0 Å². The fourth-order valence-electron chi connectivity index (χ4n) is 2.55. The highest BCUT2D eigenvalue weighted by molar-refractivity contribution is 5.96. The molecule has 0 spiro atoms. The maximum Gasteiger partial charge on any atom is 0.117 e. The Bertz CT molecular complexity index is 275. The summed E-state index contributed by atoms with van der Waals surface area (Å²) in [6.07, 6.45) is 6.26. The number of hydrazone groups is 1. The minimum atomic E-state index is 0.330. The Labute approximate surface area is 91.8 Å². The smallest absolute Gasteiger partial charge is 0.117 e. The van der Waals surface area contributed by atoms with Crippen molar-refractivity contribution in [2.24, 2.45) is 22.9 Å². The van der Waals surface area contributed by atoms with Crippen LogP contribution >= 0.6 is 0 Å². The molecule has 3 nitrogen and oxygen atoms in total. The highest BCUT2D eigenvalue weighted by Crippen LogP contribution is 2.31. The minimum Gasteiger partial charge on any atom is -0.287 e. The van der Waals surface area contributed by atoms with Crippen molar-refractivity contribution in [3.63, 3.8) is 0 Å². The standard InChI is InChI=1S/C12H21N3/c1-8-3-5-10(6-4-8)11-7-9(2)12(13)15-14-11/h8-10H,3-7H2,1-2H3,(H2,13,15). The Kier molecular flexibility index (Phi) is 3.08. The van der Waals surface area contributed by atoms with Crippen LogP contribution in [0.2, 0.25) is 0 Å². The lowest BCUT2D eigenvalue weighted by Gasteiger charge is -2.30. The summed E-state index contributed by atoms with van der Waals surface area (Å²) in [4.78, 5) is 0. The average Bonchev–Trinajstić information content (AvgIpc) is 2.23. The lowest BCUT2D eigenvalue weighted by Crippen LogP contribution is -2.36. The molecule has 0 aromatic heterocycles. The van der Waals surface area contributed by atoms with Crippen molar-refractivity contribution in [2.45, 2.75) is 46.0 Å². The van der Waals surface area contributed by atoms with Gasteiger partial charge in [-0.15, -0.1) is 0 Å². The molecule has 1 aliphatic carbocycles. The van der Waals surface area contributed by atoms with Crippen molar-refractivity contribution >= 4 is 11.5 Å². The maximum absolute atomic E-state index is 7.61. The van der Waals surface area contributed by atoms with E-state index in [0.29, 0.717) is 17.7 Å². The molecule has 1 atom stereocenters. The SMILES string of the molecule is CC1CCC(C2=NNC(=N)C(C)C2)CC1. The van der Waals surface area contributed by atoms with Gasteiger partial charge in [-0.1, -0.05) is 26.7 Å². The van der Waals surface area contributed by atoms with E-state index in [2.05, 4.69) is 24.4 Å². The molecule has 0 amide bonds. The number of amidine groups is 1. The second kappa shape index (κ2) is 4.33. The minimum absolute atomic E-state index is 0.330. The van der Waals surface area contributed by atoms with Crippen molar-refractivity contribution in [3.05, 3.63) is 0 Å². The first-order valence-electron chi connectivity index (χ1n) is 6.07. The quantitative estimate of drug-likeness (QED) is 0.682. The van der Waals surface area contributed by atoms with Crippen LogP contribution in [-0.2, 0) is 0 Å². The summed E-state index contributed by atoms with van der Waals surface area (Å²) in [7, 11) is 0. The van der Waals surface area contributed by atoms with Crippen molar-refractivity contribution < 1.29 is 0 Å². The summed E-state index contributed by atoms with van der Waals surface area (Å²) in [5.41, 5.74) is 4.17. The van der Waals surface area contributed by atoms with Crippen molar-refractivity contribution in [3.8, 4) is 0 Å². The van der Waals surface area contributed by atoms with Gasteiger partial charge in [0.05, 0.1) is 0 Å². The van der Waals surface area contributed by atoms with E-state index in [4.69, 9.17) is 5.41 Å². The zero-order valence-corrected chi connectivity index (χ0v) is 9.71. The Morgan fingerprint density at radius 2 is 1.87 bits per heavy atom. The molecule has 2 N–H and O–H groups in total. The topological polar surface area (TPSA) is 48.2 Å². The third-order valence-corrected chi connectivity index (χ3v) is 3.82. The van der Waals surface area contributed by atoms with E-state index >= 15 is 0 Å². The summed E-state index contributed by atoms with van der Waals surface area (Å²) in [6, 6.07) is 0. The fourth-order valence-corrected chi connectivity index (χ4v) is 2.55. The zero-order valence-electron chi connectivity index (χ0n) is 9.71. The van der Waals surface area contributed by atoms with Gasteiger partial charge >= 0.3 is 0 Å². The largest absolute Gasteiger partial charge is 0.287 e. The van der Waals surface area contributed by atoms with E-state index in [1.165, 1.54) is 31.4 Å². The molecule has 0 saturated heterocycles. The van der Waals surface area contributed by atoms with Gasteiger partial charge in [-0.2, -0.15) is 5.10 Å². The molecule has 0 aromatic carbocycles. The van der Waals surface area contributed by atoms with Crippen LogP contribution in [0.1, 0.15) is 46.0 Å². The van der Waals surface area contributed by atoms with E-state index in [0.717, 1.165) is 12.3 Å². The molecule has 1 saturated carbocycles. The first-order chi connectivity index (χ1) is 7.16. The lowest BCUT2D eigenvalue weighted by molar-refractivity contribution is 0.339. The highest BCUT2D eigenvalue weighted by Gasteiger charge is 2.27. The molecule has 84 valence electrons. The first kappa shape index (κ1) is 10.7. The van der Waals surface area contributed by atoms with Crippen LogP contribution in [0.25, 0.3) is 0 Å². The van der Waals surface area contributed by atoms with Gasteiger partial charge in [-0.05, 0) is 31.1 Å². The van der Waals surface area contributed by atoms with Crippen LogP contribution in [0, 0.1) is 23.2 Å². The van der Waals surface area contributed by atoms with Crippen LogP contribution in [-0.4, -0.2) is 11.5 Å². The molecule has 2 aliphatic rings. The number of nitrogens with one attached hydrogen (secondary N) is 2. The lowest BCUT2D eigenvalue weighted by atomic mass is 9.78. The van der Waals surface area contributed by atoms with Crippen LogP contribution in [0.4, 0.5) is 0 Å². The second-order valence-corrected chi connectivity index (χ2v) is 5.19. The van der Waals surface area contributed by atoms with Gasteiger partial charge in [0.2, 0.25) is 0 Å². The summed E-state index contributed by atoms with van der Waals surface area (Å²) in [6.45, 7) is 4.45. The number of hydrogen-bond donors (Lipinski definition) is 2. The molecule has 0 aromatic rings.